The summed E-state index contributed by atoms with van der Waals surface area (Å²) in [7, 11) is 0. The average Bonchev–Trinajstić information content (AvgIpc) is 2.78. The predicted molar refractivity (Wildman–Crippen MR) is 122 cm³/mol. The highest BCUT2D eigenvalue weighted by molar-refractivity contribution is 6.19. The molecule has 2 amide bonds. The van der Waals surface area contributed by atoms with Gasteiger partial charge in [-0.05, 0) is 49.6 Å². The molecule has 0 N–H and O–H groups in total. The van der Waals surface area contributed by atoms with Crippen LogP contribution in [0, 0.1) is 11.3 Å². The second-order valence-electron chi connectivity index (χ2n) is 7.47. The van der Waals surface area contributed by atoms with Crippen LogP contribution in [-0.4, -0.2) is 49.0 Å². The monoisotopic (exact) mass is 454 g/mol. The summed E-state index contributed by atoms with van der Waals surface area (Å²) in [5.41, 5.74) is 1.06. The first-order chi connectivity index (χ1) is 15.8. The molecule has 1 heterocycles. The summed E-state index contributed by atoms with van der Waals surface area (Å²) < 4.78 is 16.4. The van der Waals surface area contributed by atoms with Gasteiger partial charge in [-0.3, -0.25) is 19.3 Å². The van der Waals surface area contributed by atoms with Crippen molar-refractivity contribution >= 4 is 23.9 Å². The van der Waals surface area contributed by atoms with Gasteiger partial charge in [0.2, 0.25) is 0 Å². The van der Waals surface area contributed by atoms with Crippen LogP contribution in [0.25, 0.3) is 6.08 Å². The highest BCUT2D eigenvalue weighted by Gasteiger charge is 2.35. The van der Waals surface area contributed by atoms with Crippen LogP contribution in [0.2, 0.25) is 0 Å². The zero-order valence-corrected chi connectivity index (χ0v) is 19.6. The first kappa shape index (κ1) is 25.7. The molecule has 8 heteroatoms. The fraction of sp³-hybridized carbons (Fsp3) is 0.440. The number of imide groups is 1. The molecule has 0 unspecified atom stereocenters. The first-order valence-electron chi connectivity index (χ1n) is 11.1. The highest BCUT2D eigenvalue weighted by Crippen LogP contribution is 2.32. The zero-order valence-electron chi connectivity index (χ0n) is 19.6. The van der Waals surface area contributed by atoms with E-state index in [0.29, 0.717) is 35.8 Å². The Bertz CT molecular complexity index is 1000. The molecule has 1 aromatic carbocycles. The molecule has 0 spiro atoms. The number of hydrogen-bond donors (Lipinski definition) is 0. The van der Waals surface area contributed by atoms with Crippen molar-refractivity contribution < 1.29 is 28.6 Å². The fourth-order valence-electron chi connectivity index (χ4n) is 3.32. The number of carbonyl (C=O) groups excluding carboxylic acids is 3. The molecule has 33 heavy (non-hydrogen) atoms. The van der Waals surface area contributed by atoms with Crippen LogP contribution in [0.5, 0.6) is 11.5 Å². The van der Waals surface area contributed by atoms with Gasteiger partial charge in [-0.25, -0.2) is 0 Å². The van der Waals surface area contributed by atoms with Crippen molar-refractivity contribution in [3.63, 3.8) is 0 Å². The van der Waals surface area contributed by atoms with Gasteiger partial charge in [0.25, 0.3) is 11.8 Å². The summed E-state index contributed by atoms with van der Waals surface area (Å²) in [4.78, 5) is 37.6. The Morgan fingerprint density at radius 3 is 2.48 bits per heavy atom. The minimum Gasteiger partial charge on any atom is -0.490 e. The van der Waals surface area contributed by atoms with E-state index in [4.69, 9.17) is 14.2 Å². The van der Waals surface area contributed by atoms with Gasteiger partial charge in [0.1, 0.15) is 18.2 Å². The van der Waals surface area contributed by atoms with Crippen LogP contribution < -0.4 is 9.47 Å². The summed E-state index contributed by atoms with van der Waals surface area (Å²) >= 11 is 0. The van der Waals surface area contributed by atoms with Crippen LogP contribution in [0.4, 0.5) is 0 Å². The second kappa shape index (κ2) is 12.4. The first-order valence-corrected chi connectivity index (χ1v) is 11.1. The van der Waals surface area contributed by atoms with Crippen LogP contribution in [0.1, 0.15) is 52.5 Å². The van der Waals surface area contributed by atoms with Crippen LogP contribution in [0.15, 0.2) is 34.9 Å². The van der Waals surface area contributed by atoms with E-state index in [1.165, 1.54) is 6.92 Å². The molecule has 8 nitrogen and oxygen atoms in total. The molecule has 1 aromatic rings. The van der Waals surface area contributed by atoms with Crippen molar-refractivity contribution in [1.29, 1.82) is 5.26 Å². The minimum absolute atomic E-state index is 0.121. The number of rotatable bonds is 11. The molecule has 1 aliphatic rings. The van der Waals surface area contributed by atoms with E-state index in [0.717, 1.165) is 24.2 Å². The molecular formula is C25H30N2O6. The number of carbonyl (C=O) groups is 3. The Labute approximate surface area is 194 Å². The summed E-state index contributed by atoms with van der Waals surface area (Å²) in [6.07, 6.45) is 4.74. The third-order valence-corrected chi connectivity index (χ3v) is 5.03. The largest absolute Gasteiger partial charge is 0.490 e. The Morgan fingerprint density at radius 1 is 1.09 bits per heavy atom. The molecule has 0 aliphatic carbocycles. The average molecular weight is 455 g/mol. The van der Waals surface area contributed by atoms with Gasteiger partial charge in [-0.15, -0.1) is 0 Å². The third kappa shape index (κ3) is 6.69. The molecule has 1 aliphatic heterocycles. The number of unbranched alkanes of at least 4 members (excludes halogenated alkanes) is 2. The normalized spacial score (nSPS) is 15.0. The number of hydrogen-bond acceptors (Lipinski definition) is 7. The standard InChI is InChI=1S/C25H30N2O6/c1-5-7-8-12-33-22-10-9-19(15-23(22)31-6-2)14-20-17(3)21(16-26)25(30)27(24(20)29)11-13-32-18(4)28/h9-10,14-15H,5-8,11-13H2,1-4H3/b20-14+. The Kier molecular flexibility index (Phi) is 9.67. The minimum atomic E-state index is -0.699. The number of benzene rings is 1. The smallest absolute Gasteiger partial charge is 0.302 e. The topological polar surface area (TPSA) is 106 Å². The summed E-state index contributed by atoms with van der Waals surface area (Å²) in [5, 5.41) is 9.49. The lowest BCUT2D eigenvalue weighted by atomic mass is 9.93. The van der Waals surface area contributed by atoms with Gasteiger partial charge in [-0.2, -0.15) is 5.26 Å². The van der Waals surface area contributed by atoms with E-state index in [2.05, 4.69) is 6.92 Å². The number of nitrogens with zero attached hydrogens (tertiary/aromatic N) is 2. The van der Waals surface area contributed by atoms with E-state index >= 15 is 0 Å². The van der Waals surface area contributed by atoms with E-state index in [1.54, 1.807) is 31.2 Å². The molecule has 0 atom stereocenters. The van der Waals surface area contributed by atoms with Crippen molar-refractivity contribution in [2.75, 3.05) is 26.4 Å². The number of esters is 1. The summed E-state index contributed by atoms with van der Waals surface area (Å²) in [6, 6.07) is 7.22. The van der Waals surface area contributed by atoms with Gasteiger partial charge < -0.3 is 14.2 Å². The molecule has 0 radical (unpaired) electrons. The van der Waals surface area contributed by atoms with Gasteiger partial charge in [0, 0.05) is 12.5 Å². The molecule has 176 valence electrons. The van der Waals surface area contributed by atoms with E-state index in [9.17, 15) is 19.6 Å². The number of ether oxygens (including phenoxy) is 3. The van der Waals surface area contributed by atoms with E-state index < -0.39 is 17.8 Å². The van der Waals surface area contributed by atoms with Crippen molar-refractivity contribution in [2.24, 2.45) is 0 Å². The molecular weight excluding hydrogens is 424 g/mol. The summed E-state index contributed by atoms with van der Waals surface area (Å²) in [5.74, 6) is -0.600. The van der Waals surface area contributed by atoms with E-state index in [1.807, 2.05) is 13.0 Å². The summed E-state index contributed by atoms with van der Waals surface area (Å²) in [6.45, 7) is 7.55. The zero-order chi connectivity index (χ0) is 24.4. The maximum atomic E-state index is 13.1. The number of nitriles is 1. The Morgan fingerprint density at radius 2 is 1.85 bits per heavy atom. The lowest BCUT2D eigenvalue weighted by Gasteiger charge is -2.27. The van der Waals surface area contributed by atoms with Crippen molar-refractivity contribution in [2.45, 2.75) is 47.0 Å². The maximum Gasteiger partial charge on any atom is 0.302 e. The lowest BCUT2D eigenvalue weighted by molar-refractivity contribution is -0.147. The Balaban J connectivity index is 2.37. The van der Waals surface area contributed by atoms with Gasteiger partial charge in [0.05, 0.1) is 19.8 Å². The maximum absolute atomic E-state index is 13.1. The third-order valence-electron chi connectivity index (χ3n) is 5.03. The van der Waals surface area contributed by atoms with Crippen LogP contribution in [0.3, 0.4) is 0 Å². The molecule has 0 fully saturated rings. The molecule has 0 saturated carbocycles. The van der Waals surface area contributed by atoms with Gasteiger partial charge in [-0.1, -0.05) is 25.8 Å². The Hall–Kier alpha value is -3.60. The fourth-order valence-corrected chi connectivity index (χ4v) is 3.32. The SMILES string of the molecule is CCCCCOc1ccc(/C=C2/C(=O)N(CCOC(C)=O)C(=O)C(C#N)=C2C)cc1OCC. The quantitative estimate of drug-likeness (QED) is 0.217. The van der Waals surface area contributed by atoms with E-state index in [-0.39, 0.29) is 24.3 Å². The van der Waals surface area contributed by atoms with Gasteiger partial charge >= 0.3 is 5.97 Å². The van der Waals surface area contributed by atoms with Crippen molar-refractivity contribution in [3.05, 3.63) is 40.5 Å². The van der Waals surface area contributed by atoms with Crippen molar-refractivity contribution in [3.8, 4) is 17.6 Å². The molecule has 0 bridgehead atoms. The highest BCUT2D eigenvalue weighted by atomic mass is 16.5. The molecule has 0 aromatic heterocycles. The van der Waals surface area contributed by atoms with Crippen LogP contribution in [-0.2, 0) is 19.1 Å². The van der Waals surface area contributed by atoms with Gasteiger partial charge in [0.15, 0.2) is 11.5 Å². The molecule has 0 saturated heterocycles. The lowest BCUT2D eigenvalue weighted by Crippen LogP contribution is -2.44. The number of amides is 2. The van der Waals surface area contributed by atoms with Crippen molar-refractivity contribution in [1.82, 2.24) is 4.90 Å². The predicted octanol–water partition coefficient (Wildman–Crippen LogP) is 3.81. The second-order valence-corrected chi connectivity index (χ2v) is 7.47. The van der Waals surface area contributed by atoms with Crippen LogP contribution >= 0.6 is 0 Å². The molecule has 2 rings (SSSR count).